The molecule has 1 amide bonds. The number of benzene rings is 1. The molecule has 0 aliphatic carbocycles. The minimum atomic E-state index is -0.574. The number of carbonyl (C=O) groups is 1. The Morgan fingerprint density at radius 1 is 1.30 bits per heavy atom. The van der Waals surface area contributed by atoms with Crippen LogP contribution in [0.25, 0.3) is 0 Å². The first-order chi connectivity index (χ1) is 10.9. The summed E-state index contributed by atoms with van der Waals surface area (Å²) in [5, 5.41) is 1.09. The molecule has 0 saturated heterocycles. The molecule has 1 aromatic carbocycles. The van der Waals surface area contributed by atoms with Gasteiger partial charge in [-0.3, -0.25) is 4.79 Å². The summed E-state index contributed by atoms with van der Waals surface area (Å²) >= 11 is 18.0. The predicted molar refractivity (Wildman–Crippen MR) is 91.7 cm³/mol. The zero-order valence-corrected chi connectivity index (χ0v) is 14.8. The molecule has 1 aromatic heterocycles. The number of hydrogen-bond acceptors (Lipinski definition) is 3. The zero-order chi connectivity index (χ0) is 17.0. The first kappa shape index (κ1) is 17.9. The van der Waals surface area contributed by atoms with Gasteiger partial charge in [0.05, 0.1) is 22.3 Å². The Morgan fingerprint density at radius 3 is 2.52 bits per heavy atom. The number of hydrogen-bond donors (Lipinski definition) is 1. The van der Waals surface area contributed by atoms with Gasteiger partial charge in [-0.15, -0.1) is 0 Å². The van der Waals surface area contributed by atoms with Crippen LogP contribution >= 0.6 is 34.8 Å². The maximum atomic E-state index is 11.5. The Hall–Kier alpha value is -1.43. The van der Waals surface area contributed by atoms with Crippen molar-refractivity contribution >= 4 is 40.7 Å². The minimum Gasteiger partial charge on any atom is -0.489 e. The fourth-order valence-electron chi connectivity index (χ4n) is 2.13. The molecule has 0 bridgehead atoms. The summed E-state index contributed by atoms with van der Waals surface area (Å²) in [6.07, 6.45) is 3.52. The molecular formula is C15H16Cl3N3O2. The van der Waals surface area contributed by atoms with Crippen molar-refractivity contribution in [2.75, 3.05) is 6.61 Å². The summed E-state index contributed by atoms with van der Waals surface area (Å²) in [5.41, 5.74) is 6.17. The Kier molecular flexibility index (Phi) is 6.16. The summed E-state index contributed by atoms with van der Waals surface area (Å²) in [5.74, 6) is -0.00693. The van der Waals surface area contributed by atoms with Gasteiger partial charge in [0.15, 0.2) is 11.6 Å². The molecule has 124 valence electrons. The SMILES string of the molecule is CCCc1cn(CCOc2c(Cl)cc(Cl)cc2Cl)c(C(N)=O)n1. The average Bonchev–Trinajstić information content (AvgIpc) is 2.85. The number of rotatable bonds is 7. The van der Waals surface area contributed by atoms with Crippen LogP contribution in [0.3, 0.4) is 0 Å². The van der Waals surface area contributed by atoms with E-state index in [0.29, 0.717) is 27.4 Å². The summed E-state index contributed by atoms with van der Waals surface area (Å²) in [4.78, 5) is 15.7. The summed E-state index contributed by atoms with van der Waals surface area (Å²) in [6.45, 7) is 2.68. The molecular weight excluding hydrogens is 361 g/mol. The van der Waals surface area contributed by atoms with Crippen molar-refractivity contribution in [2.24, 2.45) is 5.73 Å². The van der Waals surface area contributed by atoms with E-state index >= 15 is 0 Å². The zero-order valence-electron chi connectivity index (χ0n) is 12.5. The minimum absolute atomic E-state index is 0.213. The fourth-order valence-corrected chi connectivity index (χ4v) is 3.05. The highest BCUT2D eigenvalue weighted by Gasteiger charge is 2.14. The first-order valence-corrected chi connectivity index (χ1v) is 8.19. The second-order valence-corrected chi connectivity index (χ2v) is 6.16. The summed E-state index contributed by atoms with van der Waals surface area (Å²) in [6, 6.07) is 3.10. The van der Waals surface area contributed by atoms with Gasteiger partial charge >= 0.3 is 0 Å². The van der Waals surface area contributed by atoms with Gasteiger partial charge in [-0.2, -0.15) is 0 Å². The molecule has 2 aromatic rings. The normalized spacial score (nSPS) is 10.8. The van der Waals surface area contributed by atoms with Crippen LogP contribution in [0.2, 0.25) is 15.1 Å². The van der Waals surface area contributed by atoms with Crippen LogP contribution < -0.4 is 10.5 Å². The highest BCUT2D eigenvalue weighted by atomic mass is 35.5. The average molecular weight is 377 g/mol. The van der Waals surface area contributed by atoms with E-state index in [-0.39, 0.29) is 12.4 Å². The number of amides is 1. The molecule has 0 fully saturated rings. The fraction of sp³-hybridized carbons (Fsp3) is 0.333. The number of nitrogens with two attached hydrogens (primary N) is 1. The van der Waals surface area contributed by atoms with E-state index in [1.165, 1.54) is 0 Å². The van der Waals surface area contributed by atoms with Gasteiger partial charge < -0.3 is 15.0 Å². The van der Waals surface area contributed by atoms with Gasteiger partial charge in [-0.1, -0.05) is 48.1 Å². The molecule has 5 nitrogen and oxygen atoms in total. The number of halogens is 3. The Balaban J connectivity index is 2.08. The Bertz CT molecular complexity index is 693. The molecule has 0 atom stereocenters. The molecule has 0 aliphatic rings. The van der Waals surface area contributed by atoms with Crippen LogP contribution in [-0.4, -0.2) is 22.1 Å². The Labute approximate surface area is 149 Å². The van der Waals surface area contributed by atoms with E-state index in [0.717, 1.165) is 18.5 Å². The maximum absolute atomic E-state index is 11.5. The number of nitrogens with zero attached hydrogens (tertiary/aromatic N) is 2. The predicted octanol–water partition coefficient (Wildman–Crippen LogP) is 3.97. The van der Waals surface area contributed by atoms with E-state index in [9.17, 15) is 4.79 Å². The number of primary amides is 1. The summed E-state index contributed by atoms with van der Waals surface area (Å²) < 4.78 is 7.28. The third-order valence-corrected chi connectivity index (χ3v) is 3.87. The van der Waals surface area contributed by atoms with Crippen LogP contribution in [0.1, 0.15) is 29.7 Å². The molecule has 8 heteroatoms. The van der Waals surface area contributed by atoms with Crippen molar-refractivity contribution in [1.29, 1.82) is 0 Å². The largest absolute Gasteiger partial charge is 0.489 e. The molecule has 0 aliphatic heterocycles. The summed E-state index contributed by atoms with van der Waals surface area (Å²) in [7, 11) is 0. The molecule has 0 radical (unpaired) electrons. The van der Waals surface area contributed by atoms with Crippen LogP contribution in [0.4, 0.5) is 0 Å². The third-order valence-electron chi connectivity index (χ3n) is 3.09. The second kappa shape index (κ2) is 7.90. The maximum Gasteiger partial charge on any atom is 0.284 e. The van der Waals surface area contributed by atoms with E-state index < -0.39 is 5.91 Å². The van der Waals surface area contributed by atoms with Crippen LogP contribution in [0, 0.1) is 0 Å². The first-order valence-electron chi connectivity index (χ1n) is 7.05. The number of imidazole rings is 1. The molecule has 23 heavy (non-hydrogen) atoms. The number of carbonyl (C=O) groups excluding carboxylic acids is 1. The topological polar surface area (TPSA) is 70.1 Å². The molecule has 0 saturated carbocycles. The third kappa shape index (κ3) is 4.53. The van der Waals surface area contributed by atoms with Crippen molar-refractivity contribution < 1.29 is 9.53 Å². The standard InChI is InChI=1S/C15H16Cl3N3O2/c1-2-3-10-8-21(15(20-10)14(19)22)4-5-23-13-11(17)6-9(16)7-12(13)18/h6-8H,2-5H2,1H3,(H2,19,22). The number of ether oxygens (including phenoxy) is 1. The van der Waals surface area contributed by atoms with E-state index in [4.69, 9.17) is 45.3 Å². The van der Waals surface area contributed by atoms with Gasteiger partial charge in [0.2, 0.25) is 0 Å². The Morgan fingerprint density at radius 2 is 1.96 bits per heavy atom. The van der Waals surface area contributed by atoms with Crippen LogP contribution in [-0.2, 0) is 13.0 Å². The van der Waals surface area contributed by atoms with Crippen molar-refractivity contribution in [3.63, 3.8) is 0 Å². The van der Waals surface area contributed by atoms with Gasteiger partial charge in [-0.05, 0) is 18.6 Å². The number of aromatic nitrogens is 2. The molecule has 0 unspecified atom stereocenters. The lowest BCUT2D eigenvalue weighted by Crippen LogP contribution is -2.20. The smallest absolute Gasteiger partial charge is 0.284 e. The van der Waals surface area contributed by atoms with Gasteiger partial charge in [-0.25, -0.2) is 4.98 Å². The number of aryl methyl sites for hydroxylation is 1. The lowest BCUT2D eigenvalue weighted by atomic mass is 10.3. The van der Waals surface area contributed by atoms with Crippen molar-refractivity contribution in [1.82, 2.24) is 9.55 Å². The highest BCUT2D eigenvalue weighted by molar-refractivity contribution is 6.40. The van der Waals surface area contributed by atoms with Crippen molar-refractivity contribution in [2.45, 2.75) is 26.3 Å². The van der Waals surface area contributed by atoms with Crippen molar-refractivity contribution in [3.8, 4) is 5.75 Å². The highest BCUT2D eigenvalue weighted by Crippen LogP contribution is 2.35. The van der Waals surface area contributed by atoms with E-state index in [1.807, 2.05) is 6.92 Å². The lowest BCUT2D eigenvalue weighted by molar-refractivity contribution is 0.0985. The molecule has 0 spiro atoms. The van der Waals surface area contributed by atoms with Crippen molar-refractivity contribution in [3.05, 3.63) is 44.9 Å². The molecule has 2 rings (SSSR count). The lowest BCUT2D eigenvalue weighted by Gasteiger charge is -2.11. The van der Waals surface area contributed by atoms with Gasteiger partial charge in [0, 0.05) is 11.2 Å². The monoisotopic (exact) mass is 375 g/mol. The van der Waals surface area contributed by atoms with E-state index in [1.54, 1.807) is 22.9 Å². The second-order valence-electron chi connectivity index (χ2n) is 4.91. The van der Waals surface area contributed by atoms with Crippen LogP contribution in [0.5, 0.6) is 5.75 Å². The van der Waals surface area contributed by atoms with Gasteiger partial charge in [0.1, 0.15) is 6.61 Å². The van der Waals surface area contributed by atoms with Gasteiger partial charge in [0.25, 0.3) is 5.91 Å². The quantitative estimate of drug-likeness (QED) is 0.794. The molecule has 1 heterocycles. The van der Waals surface area contributed by atoms with Crippen LogP contribution in [0.15, 0.2) is 18.3 Å². The van der Waals surface area contributed by atoms with E-state index in [2.05, 4.69) is 4.98 Å². The molecule has 2 N–H and O–H groups in total.